The zero-order valence-corrected chi connectivity index (χ0v) is 19.1. The molecular formula is C27H30N4O2. The van der Waals surface area contributed by atoms with Crippen LogP contribution in [0.4, 0.5) is 0 Å². The van der Waals surface area contributed by atoms with E-state index in [0.717, 1.165) is 25.2 Å². The molecule has 1 atom stereocenters. The van der Waals surface area contributed by atoms with Crippen molar-refractivity contribution in [1.82, 2.24) is 19.3 Å². The maximum atomic E-state index is 13.6. The smallest absolute Gasteiger partial charge is 0.271 e. The van der Waals surface area contributed by atoms with E-state index in [-0.39, 0.29) is 11.8 Å². The van der Waals surface area contributed by atoms with Crippen LogP contribution in [0.1, 0.15) is 27.2 Å². The first-order valence-corrected chi connectivity index (χ1v) is 11.7. The lowest BCUT2D eigenvalue weighted by molar-refractivity contribution is -0.139. The molecule has 2 amide bonds. The Hall–Kier alpha value is -3.38. The second-order valence-electron chi connectivity index (χ2n) is 9.07. The van der Waals surface area contributed by atoms with E-state index in [1.165, 1.54) is 11.1 Å². The monoisotopic (exact) mass is 442 g/mol. The molecule has 170 valence electrons. The summed E-state index contributed by atoms with van der Waals surface area (Å²) in [6, 6.07) is 21.8. The molecule has 0 spiro atoms. The molecule has 6 nitrogen and oxygen atoms in total. The molecule has 6 heteroatoms. The van der Waals surface area contributed by atoms with Crippen LogP contribution in [-0.2, 0) is 24.4 Å². The van der Waals surface area contributed by atoms with E-state index in [0.29, 0.717) is 31.9 Å². The zero-order chi connectivity index (χ0) is 22.8. The Balaban J connectivity index is 1.28. The molecular weight excluding hydrogens is 412 g/mol. The van der Waals surface area contributed by atoms with Crippen LogP contribution < -0.4 is 0 Å². The van der Waals surface area contributed by atoms with E-state index in [9.17, 15) is 9.59 Å². The molecule has 0 bridgehead atoms. The van der Waals surface area contributed by atoms with Crippen LogP contribution >= 0.6 is 0 Å². The summed E-state index contributed by atoms with van der Waals surface area (Å²) in [4.78, 5) is 33.0. The Morgan fingerprint density at radius 3 is 2.27 bits per heavy atom. The Labute approximate surface area is 195 Å². The first kappa shape index (κ1) is 21.5. The molecule has 1 unspecified atom stereocenters. The Morgan fingerprint density at radius 1 is 0.848 bits per heavy atom. The number of benzene rings is 2. The molecule has 1 fully saturated rings. The highest BCUT2D eigenvalue weighted by Crippen LogP contribution is 2.23. The summed E-state index contributed by atoms with van der Waals surface area (Å²) in [5, 5.41) is 0. The van der Waals surface area contributed by atoms with Crippen LogP contribution in [-0.4, -0.2) is 63.3 Å². The maximum Gasteiger partial charge on any atom is 0.271 e. The van der Waals surface area contributed by atoms with Gasteiger partial charge in [0.15, 0.2) is 0 Å². The fraction of sp³-hybridized carbons (Fsp3) is 0.333. The number of aromatic nitrogens is 1. The number of amides is 2. The summed E-state index contributed by atoms with van der Waals surface area (Å²) in [6.07, 6.45) is 1.90. The van der Waals surface area contributed by atoms with Gasteiger partial charge in [0.05, 0.1) is 6.54 Å². The van der Waals surface area contributed by atoms with Crippen molar-refractivity contribution in [3.05, 3.63) is 95.3 Å². The van der Waals surface area contributed by atoms with Crippen LogP contribution in [0.2, 0.25) is 0 Å². The van der Waals surface area contributed by atoms with Crippen molar-refractivity contribution < 1.29 is 9.59 Å². The van der Waals surface area contributed by atoms with E-state index in [1.54, 1.807) is 4.90 Å². The van der Waals surface area contributed by atoms with Crippen LogP contribution in [0.25, 0.3) is 0 Å². The minimum absolute atomic E-state index is 0.0496. The van der Waals surface area contributed by atoms with E-state index in [1.807, 2.05) is 58.1 Å². The van der Waals surface area contributed by atoms with Gasteiger partial charge in [0.25, 0.3) is 5.91 Å². The van der Waals surface area contributed by atoms with Gasteiger partial charge >= 0.3 is 0 Å². The number of fused-ring (bicyclic) bond motifs is 1. The van der Waals surface area contributed by atoms with Gasteiger partial charge in [-0.05, 0) is 30.2 Å². The number of carbonyl (C=O) groups excluding carboxylic acids is 2. The van der Waals surface area contributed by atoms with Crippen LogP contribution in [0.3, 0.4) is 0 Å². The second-order valence-corrected chi connectivity index (χ2v) is 9.07. The molecule has 0 saturated carbocycles. The molecule has 0 N–H and O–H groups in total. The van der Waals surface area contributed by atoms with Gasteiger partial charge in [-0.2, -0.15) is 0 Å². The van der Waals surface area contributed by atoms with Crippen LogP contribution in [0.15, 0.2) is 72.9 Å². The van der Waals surface area contributed by atoms with Crippen molar-refractivity contribution in [2.24, 2.45) is 0 Å². The van der Waals surface area contributed by atoms with Crippen molar-refractivity contribution in [1.29, 1.82) is 0 Å². The van der Waals surface area contributed by atoms with E-state index in [2.05, 4.69) is 36.1 Å². The number of nitrogens with zero attached hydrogens (tertiary/aromatic N) is 4. The fourth-order valence-corrected chi connectivity index (χ4v) is 4.80. The Morgan fingerprint density at radius 2 is 1.55 bits per heavy atom. The highest BCUT2D eigenvalue weighted by Gasteiger charge is 2.39. The summed E-state index contributed by atoms with van der Waals surface area (Å²) in [7, 11) is 0. The van der Waals surface area contributed by atoms with Crippen molar-refractivity contribution in [3.63, 3.8) is 0 Å². The molecule has 0 radical (unpaired) electrons. The normalized spacial score (nSPS) is 18.9. The number of piperazine rings is 1. The molecule has 2 aromatic carbocycles. The molecule has 3 aromatic rings. The first-order chi connectivity index (χ1) is 16.1. The zero-order valence-electron chi connectivity index (χ0n) is 19.1. The van der Waals surface area contributed by atoms with Gasteiger partial charge < -0.3 is 14.4 Å². The summed E-state index contributed by atoms with van der Waals surface area (Å²) < 4.78 is 1.92. The largest absolute Gasteiger partial charge is 0.341 e. The third kappa shape index (κ3) is 4.57. The molecule has 2 aliphatic heterocycles. The van der Waals surface area contributed by atoms with Gasteiger partial charge in [0, 0.05) is 45.5 Å². The average Bonchev–Trinajstić information content (AvgIpc) is 3.32. The van der Waals surface area contributed by atoms with Gasteiger partial charge in [-0.3, -0.25) is 14.5 Å². The number of carbonyl (C=O) groups is 2. The number of hydrogen-bond acceptors (Lipinski definition) is 3. The van der Waals surface area contributed by atoms with E-state index in [4.69, 9.17) is 0 Å². The minimum Gasteiger partial charge on any atom is -0.341 e. The van der Waals surface area contributed by atoms with Gasteiger partial charge in [-0.1, -0.05) is 60.2 Å². The molecule has 0 aliphatic carbocycles. The highest BCUT2D eigenvalue weighted by atomic mass is 16.2. The van der Waals surface area contributed by atoms with E-state index >= 15 is 0 Å². The van der Waals surface area contributed by atoms with Crippen molar-refractivity contribution >= 4 is 11.8 Å². The third-order valence-electron chi connectivity index (χ3n) is 6.75. The van der Waals surface area contributed by atoms with Gasteiger partial charge in [-0.15, -0.1) is 0 Å². The lowest BCUT2D eigenvalue weighted by Gasteiger charge is -2.41. The number of rotatable bonds is 5. The lowest BCUT2D eigenvalue weighted by atomic mass is 10.1. The number of hydrogen-bond donors (Lipinski definition) is 0. The topological polar surface area (TPSA) is 48.8 Å². The Kier molecular flexibility index (Phi) is 6.01. The quantitative estimate of drug-likeness (QED) is 0.610. The molecule has 5 rings (SSSR count). The molecule has 33 heavy (non-hydrogen) atoms. The lowest BCUT2D eigenvalue weighted by Crippen LogP contribution is -2.58. The summed E-state index contributed by atoms with van der Waals surface area (Å²) in [5.41, 5.74) is 4.25. The first-order valence-electron chi connectivity index (χ1n) is 11.7. The summed E-state index contributed by atoms with van der Waals surface area (Å²) in [5.74, 6) is -0.0277. The fourth-order valence-electron chi connectivity index (χ4n) is 4.80. The Bertz CT molecular complexity index is 1110. The van der Waals surface area contributed by atoms with Crippen LogP contribution in [0, 0.1) is 6.92 Å². The highest BCUT2D eigenvalue weighted by molar-refractivity contribution is 5.97. The third-order valence-corrected chi connectivity index (χ3v) is 6.75. The van der Waals surface area contributed by atoms with Gasteiger partial charge in [-0.25, -0.2) is 0 Å². The number of aryl methyl sites for hydroxylation is 1. The summed E-state index contributed by atoms with van der Waals surface area (Å²) >= 11 is 0. The van der Waals surface area contributed by atoms with Gasteiger partial charge in [0.1, 0.15) is 11.7 Å². The predicted octanol–water partition coefficient (Wildman–Crippen LogP) is 3.17. The molecule has 3 heterocycles. The average molecular weight is 443 g/mol. The van der Waals surface area contributed by atoms with Gasteiger partial charge in [0.2, 0.25) is 5.91 Å². The second kappa shape index (κ2) is 9.24. The molecule has 2 aliphatic rings. The summed E-state index contributed by atoms with van der Waals surface area (Å²) in [6.45, 7) is 7.00. The van der Waals surface area contributed by atoms with Crippen LogP contribution in [0.5, 0.6) is 0 Å². The predicted molar refractivity (Wildman–Crippen MR) is 128 cm³/mol. The molecule has 1 aromatic heterocycles. The van der Waals surface area contributed by atoms with Crippen molar-refractivity contribution in [3.8, 4) is 0 Å². The minimum atomic E-state index is -0.485. The maximum absolute atomic E-state index is 13.6. The van der Waals surface area contributed by atoms with E-state index < -0.39 is 6.04 Å². The SMILES string of the molecule is Cc1ccc(CN2CCN(C(=O)C3Cn4cccc4C(=O)N3Cc3ccccc3)CC2)cc1. The standard InChI is InChI=1S/C27H30N4O2/c1-21-9-11-23(12-10-21)18-28-14-16-29(17-15-28)26(32)25-20-30-13-5-8-24(30)27(33)31(25)19-22-6-3-2-4-7-22/h2-13,25H,14-20H2,1H3. The van der Waals surface area contributed by atoms with Crippen molar-refractivity contribution in [2.75, 3.05) is 26.2 Å². The molecule has 1 saturated heterocycles. The van der Waals surface area contributed by atoms with Crippen molar-refractivity contribution in [2.45, 2.75) is 32.6 Å².